The molecule has 4 aliphatic carbocycles. The molecule has 4 aliphatic rings. The van der Waals surface area contributed by atoms with E-state index in [2.05, 4.69) is 159 Å². The lowest BCUT2D eigenvalue weighted by molar-refractivity contribution is 0.585. The van der Waals surface area contributed by atoms with E-state index in [9.17, 15) is 10.5 Å². The van der Waals surface area contributed by atoms with Crippen LogP contribution in [0.3, 0.4) is 0 Å². The van der Waals surface area contributed by atoms with Gasteiger partial charge in [-0.25, -0.2) is 0 Å². The molecule has 1 saturated carbocycles. The van der Waals surface area contributed by atoms with E-state index in [-0.39, 0.29) is 11.8 Å². The number of allylic oxidation sites excluding steroid dienone is 17. The molecule has 0 heterocycles. The molecule has 0 spiro atoms. The van der Waals surface area contributed by atoms with E-state index in [1.165, 1.54) is 88.4 Å². The van der Waals surface area contributed by atoms with Gasteiger partial charge in [-0.3, -0.25) is 0 Å². The molecular weight excluding hydrogens is 701 g/mol. The van der Waals surface area contributed by atoms with Crippen molar-refractivity contribution in [2.45, 2.75) is 39.5 Å². The van der Waals surface area contributed by atoms with Crippen LogP contribution in [0.15, 0.2) is 185 Å². The third-order valence-electron chi connectivity index (χ3n) is 12.3. The number of rotatable bonds is 6. The van der Waals surface area contributed by atoms with Crippen molar-refractivity contribution in [2.24, 2.45) is 11.8 Å². The van der Waals surface area contributed by atoms with E-state index in [0.717, 1.165) is 29.6 Å². The molecule has 0 aromatic heterocycles. The van der Waals surface area contributed by atoms with E-state index in [1.54, 1.807) is 0 Å². The highest BCUT2D eigenvalue weighted by molar-refractivity contribution is 6.23. The summed E-state index contributed by atoms with van der Waals surface area (Å²) in [5, 5.41) is 24.7. The van der Waals surface area contributed by atoms with E-state index in [4.69, 9.17) is 6.42 Å². The third-order valence-corrected chi connectivity index (χ3v) is 12.3. The monoisotopic (exact) mass is 742 g/mol. The molecule has 1 unspecified atom stereocenters. The van der Waals surface area contributed by atoms with Crippen molar-refractivity contribution in [1.82, 2.24) is 0 Å². The van der Waals surface area contributed by atoms with Crippen LogP contribution in [-0.2, 0) is 6.42 Å². The first-order valence-electron chi connectivity index (χ1n) is 20.2. The number of terminal acetylenes is 1. The summed E-state index contributed by atoms with van der Waals surface area (Å²) in [5.74, 6) is 2.82. The van der Waals surface area contributed by atoms with Crippen molar-refractivity contribution in [1.29, 1.82) is 10.5 Å². The van der Waals surface area contributed by atoms with E-state index in [1.807, 2.05) is 24.3 Å². The van der Waals surface area contributed by atoms with Gasteiger partial charge in [0.25, 0.3) is 0 Å². The van der Waals surface area contributed by atoms with Crippen LogP contribution in [-0.4, -0.2) is 0 Å². The lowest BCUT2D eigenvalue weighted by atomic mass is 9.77. The second kappa shape index (κ2) is 15.4. The van der Waals surface area contributed by atoms with Crippen LogP contribution in [0.2, 0.25) is 0 Å². The normalized spacial score (nSPS) is 22.1. The molecule has 2 bridgehead atoms. The van der Waals surface area contributed by atoms with Crippen LogP contribution in [0.5, 0.6) is 0 Å². The molecule has 0 amide bonds. The molecule has 5 aromatic carbocycles. The highest BCUT2D eigenvalue weighted by Crippen LogP contribution is 2.54. The Morgan fingerprint density at radius 1 is 0.828 bits per heavy atom. The summed E-state index contributed by atoms with van der Waals surface area (Å²) in [4.78, 5) is 0. The second-order valence-electron chi connectivity index (χ2n) is 15.6. The molecule has 2 atom stereocenters. The second-order valence-corrected chi connectivity index (χ2v) is 15.6. The molecule has 0 N–H and O–H groups in total. The maximum absolute atomic E-state index is 10.2. The van der Waals surface area contributed by atoms with E-state index in [0.29, 0.717) is 12.8 Å². The molecule has 2 heteroatoms. The van der Waals surface area contributed by atoms with Gasteiger partial charge in [0.15, 0.2) is 0 Å². The van der Waals surface area contributed by atoms with Crippen LogP contribution in [0, 0.1) is 46.8 Å². The zero-order chi connectivity index (χ0) is 39.8. The molecule has 2 nitrogen and oxygen atoms in total. The van der Waals surface area contributed by atoms with Gasteiger partial charge < -0.3 is 0 Å². The Hall–Kier alpha value is -7.18. The molecule has 0 aliphatic heterocycles. The molecular formula is C56H42N2. The van der Waals surface area contributed by atoms with Gasteiger partial charge in [0.05, 0.1) is 24.5 Å². The van der Waals surface area contributed by atoms with Gasteiger partial charge >= 0.3 is 0 Å². The quantitative estimate of drug-likeness (QED) is 0.0969. The lowest BCUT2D eigenvalue weighted by Gasteiger charge is -2.25. The topological polar surface area (TPSA) is 47.6 Å². The number of hydrogen-bond donors (Lipinski definition) is 0. The minimum Gasteiger partial charge on any atom is -0.198 e. The van der Waals surface area contributed by atoms with Crippen LogP contribution in [0.25, 0.3) is 55.4 Å². The lowest BCUT2D eigenvalue weighted by Crippen LogP contribution is -2.15. The molecule has 58 heavy (non-hydrogen) atoms. The summed E-state index contributed by atoms with van der Waals surface area (Å²) in [6.45, 7) is 4.41. The maximum Gasteiger partial charge on any atom is 0.0712 e. The zero-order valence-electron chi connectivity index (χ0n) is 32.9. The smallest absolute Gasteiger partial charge is 0.0712 e. The van der Waals surface area contributed by atoms with Crippen molar-refractivity contribution in [2.75, 3.05) is 0 Å². The Labute approximate surface area is 341 Å². The Bertz CT molecular complexity index is 2990. The Morgan fingerprint density at radius 2 is 1.67 bits per heavy atom. The molecule has 276 valence electrons. The Morgan fingerprint density at radius 3 is 2.53 bits per heavy atom. The molecule has 9 rings (SSSR count). The van der Waals surface area contributed by atoms with Crippen molar-refractivity contribution in [3.63, 3.8) is 0 Å². The van der Waals surface area contributed by atoms with Crippen LogP contribution >= 0.6 is 0 Å². The molecule has 0 saturated heterocycles. The zero-order valence-corrected chi connectivity index (χ0v) is 32.9. The van der Waals surface area contributed by atoms with Gasteiger partial charge in [-0.15, -0.1) is 12.3 Å². The van der Waals surface area contributed by atoms with Gasteiger partial charge in [-0.1, -0.05) is 147 Å². The van der Waals surface area contributed by atoms with Crippen molar-refractivity contribution >= 4 is 33.2 Å². The minimum absolute atomic E-state index is 0.0217. The van der Waals surface area contributed by atoms with E-state index < -0.39 is 0 Å². The van der Waals surface area contributed by atoms with Gasteiger partial charge in [0, 0.05) is 12.3 Å². The van der Waals surface area contributed by atoms with Crippen molar-refractivity contribution < 1.29 is 0 Å². The Balaban J connectivity index is 1.38. The van der Waals surface area contributed by atoms with Crippen LogP contribution in [0.4, 0.5) is 0 Å². The van der Waals surface area contributed by atoms with Gasteiger partial charge in [0.2, 0.25) is 0 Å². The number of hydrogen-bond acceptors (Lipinski definition) is 2. The van der Waals surface area contributed by atoms with Gasteiger partial charge in [-0.2, -0.15) is 10.5 Å². The van der Waals surface area contributed by atoms with Crippen molar-refractivity contribution in [3.05, 3.63) is 201 Å². The van der Waals surface area contributed by atoms with Crippen molar-refractivity contribution in [3.8, 4) is 46.7 Å². The number of nitriles is 2. The highest BCUT2D eigenvalue weighted by atomic mass is 14.4. The first-order chi connectivity index (χ1) is 28.5. The average Bonchev–Trinajstić information content (AvgIpc) is 3.76. The minimum atomic E-state index is -0.211. The van der Waals surface area contributed by atoms with Crippen LogP contribution in [0.1, 0.15) is 49.8 Å². The average molecular weight is 743 g/mol. The fourth-order valence-electron chi connectivity index (χ4n) is 9.56. The molecule has 5 aromatic rings. The summed E-state index contributed by atoms with van der Waals surface area (Å²) < 4.78 is 0. The predicted octanol–water partition coefficient (Wildman–Crippen LogP) is 13.9. The summed E-state index contributed by atoms with van der Waals surface area (Å²) in [6.07, 6.45) is 30.0. The third kappa shape index (κ3) is 6.23. The first kappa shape index (κ1) is 36.5. The van der Waals surface area contributed by atoms with Gasteiger partial charge in [-0.05, 0) is 137 Å². The number of fused-ring (bicyclic) bond motifs is 8. The molecule has 1 fully saturated rings. The fourth-order valence-corrected chi connectivity index (χ4v) is 9.56. The SMILES string of the molecule is C#CCC(=C\C=C/CC#N)/C(=C1C2=C\C=C/Cc3ccccc3\C=C(C/2)\C\1=C(\C)C1=CC=CC(C#N)[C@H]1C)c1ccc2c(c1)-c1cccc3c1c-2cc1ccccc13. The van der Waals surface area contributed by atoms with Gasteiger partial charge in [0.1, 0.15) is 0 Å². The predicted molar refractivity (Wildman–Crippen MR) is 242 cm³/mol. The largest absolute Gasteiger partial charge is 0.198 e. The summed E-state index contributed by atoms with van der Waals surface area (Å²) in [6, 6.07) is 38.2. The first-order valence-corrected chi connectivity index (χ1v) is 20.2. The highest BCUT2D eigenvalue weighted by Gasteiger charge is 2.34. The Kier molecular flexibility index (Phi) is 9.68. The fraction of sp³-hybridized carbons (Fsp3) is 0.143. The maximum atomic E-state index is 10.2. The summed E-state index contributed by atoms with van der Waals surface area (Å²) in [7, 11) is 0. The summed E-state index contributed by atoms with van der Waals surface area (Å²) in [5.41, 5.74) is 17.8. The number of benzene rings is 5. The standard InChI is InChI=1S/C56H42N2/c1-4-16-39(19-6-5-13-30-57)54(43-28-29-48-51(34-43)50-27-15-26-49-47-24-12-11-21-41(47)33-52(48)56(49)50)55-42-22-10-8-18-38-17-7-9-20-40(38)31-45(32-42)53(55)37(3)46-25-14-23-44(35-58)36(46)2/h1,5-12,14-15,17,19-29,31,33-34,36,44H,13,16,18,32H2,2-3H3/b6-5-,10-8-,39-19+,42-22+,45-31+,53-37+,55-54-/t36-,44?/m1/s1. The number of nitrogens with zero attached hydrogens (tertiary/aromatic N) is 2. The van der Waals surface area contributed by atoms with E-state index >= 15 is 0 Å². The van der Waals surface area contributed by atoms with Crippen LogP contribution < -0.4 is 0 Å². The molecule has 0 radical (unpaired) electrons. The summed E-state index contributed by atoms with van der Waals surface area (Å²) >= 11 is 0.